The highest BCUT2D eigenvalue weighted by atomic mass is 35.5. The molecule has 1 atom stereocenters. The van der Waals surface area contributed by atoms with Gasteiger partial charge in [0, 0.05) is 10.7 Å². The summed E-state index contributed by atoms with van der Waals surface area (Å²) in [6.07, 6.45) is -5.45. The molecule has 27 heavy (non-hydrogen) atoms. The van der Waals surface area contributed by atoms with Crippen LogP contribution >= 0.6 is 11.6 Å². The molecule has 0 fully saturated rings. The molecule has 0 spiro atoms. The van der Waals surface area contributed by atoms with Gasteiger partial charge >= 0.3 is 12.1 Å². The number of ether oxygens (including phenoxy) is 1. The van der Waals surface area contributed by atoms with Crippen molar-refractivity contribution in [2.24, 2.45) is 0 Å². The molecule has 0 unspecified atom stereocenters. The van der Waals surface area contributed by atoms with Crippen LogP contribution in [0.1, 0.15) is 18.0 Å². The van der Waals surface area contributed by atoms with Crippen molar-refractivity contribution in [3.05, 3.63) is 59.1 Å². The number of amides is 2. The van der Waals surface area contributed by atoms with E-state index >= 15 is 0 Å². The molecule has 2 rings (SSSR count). The van der Waals surface area contributed by atoms with Crippen LogP contribution in [0, 0.1) is 0 Å². The predicted octanol–water partition coefficient (Wildman–Crippen LogP) is 4.10. The Hall–Kier alpha value is -2.74. The van der Waals surface area contributed by atoms with E-state index in [1.807, 2.05) is 5.32 Å². The molecule has 0 aromatic heterocycles. The van der Waals surface area contributed by atoms with Crippen LogP contribution < -0.4 is 15.4 Å². The fourth-order valence-corrected chi connectivity index (χ4v) is 2.39. The third kappa shape index (κ3) is 6.18. The number of hydrogen-bond acceptors (Lipinski definition) is 3. The molecule has 144 valence electrons. The highest BCUT2D eigenvalue weighted by Gasteiger charge is 2.40. The lowest BCUT2D eigenvalue weighted by atomic mass is 10.0. The van der Waals surface area contributed by atoms with E-state index in [0.29, 0.717) is 22.0 Å². The topological polar surface area (TPSA) is 67.4 Å². The van der Waals surface area contributed by atoms with Gasteiger partial charge in [-0.2, -0.15) is 13.2 Å². The van der Waals surface area contributed by atoms with E-state index in [0.717, 1.165) is 0 Å². The second kappa shape index (κ2) is 8.77. The van der Waals surface area contributed by atoms with Gasteiger partial charge in [-0.05, 0) is 42.0 Å². The maximum atomic E-state index is 12.6. The molecule has 0 saturated carbocycles. The van der Waals surface area contributed by atoms with Gasteiger partial charge in [0.25, 0.3) is 0 Å². The lowest BCUT2D eigenvalue weighted by Gasteiger charge is -2.20. The smallest absolute Gasteiger partial charge is 0.471 e. The third-order valence-electron chi connectivity index (χ3n) is 3.60. The number of carbonyl (C=O) groups is 2. The van der Waals surface area contributed by atoms with Crippen molar-refractivity contribution in [3.63, 3.8) is 0 Å². The maximum Gasteiger partial charge on any atom is 0.471 e. The van der Waals surface area contributed by atoms with Crippen molar-refractivity contribution in [2.45, 2.75) is 18.6 Å². The quantitative estimate of drug-likeness (QED) is 0.767. The molecule has 0 aliphatic heterocycles. The summed E-state index contributed by atoms with van der Waals surface area (Å²) in [6, 6.07) is 11.1. The number of nitrogens with one attached hydrogen (secondary N) is 2. The molecule has 2 amide bonds. The van der Waals surface area contributed by atoms with Crippen LogP contribution in [0.25, 0.3) is 0 Å². The number of benzene rings is 2. The van der Waals surface area contributed by atoms with E-state index in [-0.39, 0.29) is 0 Å². The minimum Gasteiger partial charge on any atom is -0.497 e. The Morgan fingerprint density at radius 2 is 1.67 bits per heavy atom. The summed E-state index contributed by atoms with van der Waals surface area (Å²) in [7, 11) is 1.44. The Morgan fingerprint density at radius 1 is 1.07 bits per heavy atom. The van der Waals surface area contributed by atoms with Gasteiger partial charge < -0.3 is 15.4 Å². The molecular formula is C18H16ClF3N2O3. The van der Waals surface area contributed by atoms with Gasteiger partial charge in [-0.3, -0.25) is 9.59 Å². The zero-order valence-corrected chi connectivity index (χ0v) is 14.9. The fraction of sp³-hybridized carbons (Fsp3) is 0.222. The molecule has 0 saturated heterocycles. The number of hydrogen-bond donors (Lipinski definition) is 2. The minimum absolute atomic E-state index is 0.333. The first-order chi connectivity index (χ1) is 12.7. The van der Waals surface area contributed by atoms with Gasteiger partial charge in [0.05, 0.1) is 19.6 Å². The van der Waals surface area contributed by atoms with Crippen LogP contribution in [0.5, 0.6) is 5.75 Å². The van der Waals surface area contributed by atoms with Gasteiger partial charge in [0.15, 0.2) is 0 Å². The summed E-state index contributed by atoms with van der Waals surface area (Å²) in [4.78, 5) is 23.6. The first-order valence-electron chi connectivity index (χ1n) is 7.76. The van der Waals surface area contributed by atoms with Gasteiger partial charge in [-0.15, -0.1) is 0 Å². The summed E-state index contributed by atoms with van der Waals surface area (Å²) >= 11 is 5.76. The lowest BCUT2D eigenvalue weighted by molar-refractivity contribution is -0.174. The second-order valence-electron chi connectivity index (χ2n) is 5.56. The van der Waals surface area contributed by atoms with Gasteiger partial charge in [-0.1, -0.05) is 23.7 Å². The van der Waals surface area contributed by atoms with Crippen LogP contribution in [0.15, 0.2) is 48.5 Å². The molecule has 0 heterocycles. The highest BCUT2D eigenvalue weighted by Crippen LogP contribution is 2.24. The number of rotatable bonds is 6. The Kier molecular flexibility index (Phi) is 6.68. The average molecular weight is 401 g/mol. The second-order valence-corrected chi connectivity index (χ2v) is 5.99. The molecule has 2 aromatic carbocycles. The number of anilines is 1. The summed E-state index contributed by atoms with van der Waals surface area (Å²) in [5, 5.41) is 4.87. The first kappa shape index (κ1) is 20.6. The monoisotopic (exact) mass is 400 g/mol. The SMILES string of the molecule is COc1ccc([C@H](CC(=O)Nc2ccc(Cl)cc2)NC(=O)C(F)(F)F)cc1. The molecule has 0 radical (unpaired) electrons. The molecular weight excluding hydrogens is 385 g/mol. The van der Waals surface area contributed by atoms with Gasteiger partial charge in [0.1, 0.15) is 5.75 Å². The summed E-state index contributed by atoms with van der Waals surface area (Å²) < 4.78 is 42.9. The number of halogens is 4. The number of carbonyl (C=O) groups excluding carboxylic acids is 2. The van der Waals surface area contributed by atoms with Crippen molar-refractivity contribution in [3.8, 4) is 5.75 Å². The Labute approximate surface area is 158 Å². The van der Waals surface area contributed by atoms with E-state index in [2.05, 4.69) is 5.32 Å². The molecule has 2 N–H and O–H groups in total. The number of alkyl halides is 3. The van der Waals surface area contributed by atoms with Crippen LogP contribution in [-0.2, 0) is 9.59 Å². The standard InChI is InChI=1S/C18H16ClF3N2O3/c1-27-14-8-2-11(3-9-14)15(24-17(26)18(20,21)22)10-16(25)23-13-6-4-12(19)5-7-13/h2-9,15H,10H2,1H3,(H,23,25)(H,24,26)/t15-/m0/s1. The van der Waals surface area contributed by atoms with Crippen molar-refractivity contribution in [1.29, 1.82) is 0 Å². The van der Waals surface area contributed by atoms with Crippen LogP contribution in [0.4, 0.5) is 18.9 Å². The maximum absolute atomic E-state index is 12.6. The normalized spacial score (nSPS) is 12.2. The molecule has 9 heteroatoms. The Morgan fingerprint density at radius 3 is 2.19 bits per heavy atom. The highest BCUT2D eigenvalue weighted by molar-refractivity contribution is 6.30. The third-order valence-corrected chi connectivity index (χ3v) is 3.85. The van der Waals surface area contributed by atoms with Crippen molar-refractivity contribution >= 4 is 29.1 Å². The Balaban J connectivity index is 2.16. The van der Waals surface area contributed by atoms with Gasteiger partial charge in [-0.25, -0.2) is 0 Å². The minimum atomic E-state index is -5.06. The molecule has 0 bridgehead atoms. The molecule has 2 aromatic rings. The summed E-state index contributed by atoms with van der Waals surface area (Å²) in [5.41, 5.74) is 0.764. The van der Waals surface area contributed by atoms with E-state index in [9.17, 15) is 22.8 Å². The summed E-state index contributed by atoms with van der Waals surface area (Å²) in [5.74, 6) is -2.20. The zero-order chi connectivity index (χ0) is 20.0. The molecule has 0 aliphatic carbocycles. The Bertz CT molecular complexity index is 793. The van der Waals surface area contributed by atoms with E-state index in [1.54, 1.807) is 24.3 Å². The largest absolute Gasteiger partial charge is 0.497 e. The zero-order valence-electron chi connectivity index (χ0n) is 14.1. The van der Waals surface area contributed by atoms with E-state index in [4.69, 9.17) is 16.3 Å². The van der Waals surface area contributed by atoms with Crippen LogP contribution in [-0.4, -0.2) is 25.1 Å². The first-order valence-corrected chi connectivity index (χ1v) is 8.14. The van der Waals surface area contributed by atoms with Crippen molar-refractivity contribution in [1.82, 2.24) is 5.32 Å². The predicted molar refractivity (Wildman–Crippen MR) is 94.6 cm³/mol. The van der Waals surface area contributed by atoms with E-state index < -0.39 is 30.5 Å². The van der Waals surface area contributed by atoms with Gasteiger partial charge in [0.2, 0.25) is 5.91 Å². The van der Waals surface area contributed by atoms with Crippen molar-refractivity contribution in [2.75, 3.05) is 12.4 Å². The molecule has 5 nitrogen and oxygen atoms in total. The fourth-order valence-electron chi connectivity index (χ4n) is 2.26. The average Bonchev–Trinajstić information content (AvgIpc) is 2.62. The number of methoxy groups -OCH3 is 1. The summed E-state index contributed by atoms with van der Waals surface area (Å²) in [6.45, 7) is 0. The van der Waals surface area contributed by atoms with Crippen molar-refractivity contribution < 1.29 is 27.5 Å². The molecule has 0 aliphatic rings. The van der Waals surface area contributed by atoms with E-state index in [1.165, 1.54) is 31.4 Å². The lowest BCUT2D eigenvalue weighted by Crippen LogP contribution is -2.40. The van der Waals surface area contributed by atoms with Crippen LogP contribution in [0.2, 0.25) is 5.02 Å². The van der Waals surface area contributed by atoms with Crippen LogP contribution in [0.3, 0.4) is 0 Å².